The maximum atomic E-state index is 12.1. The molecule has 1 aliphatic heterocycles. The van der Waals surface area contributed by atoms with Gasteiger partial charge in [-0.15, -0.1) is 0 Å². The van der Waals surface area contributed by atoms with E-state index in [0.29, 0.717) is 25.9 Å². The molecule has 0 spiro atoms. The minimum absolute atomic E-state index is 0.0338. The molecular weight excluding hydrogens is 246 g/mol. The molecule has 1 saturated heterocycles. The van der Waals surface area contributed by atoms with Crippen LogP contribution >= 0.6 is 0 Å². The van der Waals surface area contributed by atoms with Crippen molar-refractivity contribution >= 4 is 17.6 Å². The Kier molecular flexibility index (Phi) is 5.95. The predicted molar refractivity (Wildman–Crippen MR) is 71.6 cm³/mol. The molecule has 0 radical (unpaired) electrons. The Balaban J connectivity index is 2.54. The number of likely N-dealkylation sites (N-methyl/N-ethyl adjacent to an activating group) is 1. The lowest BCUT2D eigenvalue weighted by Crippen LogP contribution is -2.46. The average molecular weight is 269 g/mol. The van der Waals surface area contributed by atoms with Crippen molar-refractivity contribution in [2.24, 2.45) is 0 Å². The second kappa shape index (κ2) is 7.23. The van der Waals surface area contributed by atoms with Gasteiger partial charge in [-0.05, 0) is 19.9 Å². The molecule has 0 aromatic carbocycles. The number of hydrogen-bond acceptors (Lipinski definition) is 4. The predicted octanol–water partition coefficient (Wildman–Crippen LogP) is -0.319. The van der Waals surface area contributed by atoms with Gasteiger partial charge >= 0.3 is 0 Å². The van der Waals surface area contributed by atoms with E-state index in [1.165, 1.54) is 11.8 Å². The first-order valence-electron chi connectivity index (χ1n) is 6.77. The molecule has 6 heteroatoms. The molecule has 0 aliphatic carbocycles. The summed E-state index contributed by atoms with van der Waals surface area (Å²) < 4.78 is 0. The summed E-state index contributed by atoms with van der Waals surface area (Å²) in [4.78, 5) is 36.6. The normalized spacial score (nSPS) is 20.2. The summed E-state index contributed by atoms with van der Waals surface area (Å²) >= 11 is 0. The van der Waals surface area contributed by atoms with Gasteiger partial charge in [-0.25, -0.2) is 0 Å². The second-order valence-electron chi connectivity index (χ2n) is 4.93. The zero-order valence-corrected chi connectivity index (χ0v) is 11.9. The highest BCUT2D eigenvalue weighted by Gasteiger charge is 2.33. The standard InChI is InChI=1S/C13H23N3O3/c1-4-5-11(14-3)12(18)13(19)16-7-6-10(8-16)15-9(2)17/h10-11,14H,4-8H2,1-3H3,(H,15,17). The third kappa shape index (κ3) is 4.31. The van der Waals surface area contributed by atoms with Crippen molar-refractivity contribution in [1.82, 2.24) is 15.5 Å². The van der Waals surface area contributed by atoms with E-state index in [2.05, 4.69) is 10.6 Å². The van der Waals surface area contributed by atoms with Crippen LogP contribution in [0.5, 0.6) is 0 Å². The number of nitrogens with one attached hydrogen (secondary N) is 2. The molecule has 1 fully saturated rings. The van der Waals surface area contributed by atoms with Gasteiger partial charge < -0.3 is 15.5 Å². The average Bonchev–Trinajstić information content (AvgIpc) is 2.81. The Labute approximate surface area is 113 Å². The van der Waals surface area contributed by atoms with E-state index in [1.807, 2.05) is 6.92 Å². The van der Waals surface area contributed by atoms with Crippen LogP contribution in [0.1, 0.15) is 33.1 Å². The van der Waals surface area contributed by atoms with Gasteiger partial charge in [0.1, 0.15) is 0 Å². The highest BCUT2D eigenvalue weighted by atomic mass is 16.2. The van der Waals surface area contributed by atoms with Crippen LogP contribution in [-0.4, -0.2) is 54.7 Å². The molecule has 1 heterocycles. The van der Waals surface area contributed by atoms with Crippen molar-refractivity contribution < 1.29 is 14.4 Å². The fourth-order valence-corrected chi connectivity index (χ4v) is 2.35. The third-order valence-corrected chi connectivity index (χ3v) is 3.34. The van der Waals surface area contributed by atoms with E-state index in [0.717, 1.165) is 6.42 Å². The van der Waals surface area contributed by atoms with Gasteiger partial charge in [0.25, 0.3) is 5.91 Å². The lowest BCUT2D eigenvalue weighted by molar-refractivity contribution is -0.145. The van der Waals surface area contributed by atoms with E-state index in [4.69, 9.17) is 0 Å². The van der Waals surface area contributed by atoms with Crippen molar-refractivity contribution in [1.29, 1.82) is 0 Å². The first-order chi connectivity index (χ1) is 8.99. The van der Waals surface area contributed by atoms with Gasteiger partial charge in [0.2, 0.25) is 11.7 Å². The summed E-state index contributed by atoms with van der Waals surface area (Å²) in [6, 6.07) is -0.439. The summed E-state index contributed by atoms with van der Waals surface area (Å²) in [5.74, 6) is -0.932. The molecule has 0 bridgehead atoms. The van der Waals surface area contributed by atoms with Gasteiger partial charge in [-0.2, -0.15) is 0 Å². The number of nitrogens with zero attached hydrogens (tertiary/aromatic N) is 1. The molecule has 2 N–H and O–H groups in total. The molecule has 2 amide bonds. The van der Waals surface area contributed by atoms with Crippen LogP contribution in [0.4, 0.5) is 0 Å². The Morgan fingerprint density at radius 2 is 2.05 bits per heavy atom. The van der Waals surface area contributed by atoms with E-state index in [9.17, 15) is 14.4 Å². The number of hydrogen-bond donors (Lipinski definition) is 2. The molecule has 6 nitrogen and oxygen atoms in total. The van der Waals surface area contributed by atoms with Crippen LogP contribution < -0.4 is 10.6 Å². The third-order valence-electron chi connectivity index (χ3n) is 3.34. The van der Waals surface area contributed by atoms with Crippen LogP contribution in [0.25, 0.3) is 0 Å². The Bertz CT molecular complexity index is 357. The van der Waals surface area contributed by atoms with Gasteiger partial charge in [-0.1, -0.05) is 13.3 Å². The van der Waals surface area contributed by atoms with Gasteiger partial charge in [0.15, 0.2) is 0 Å². The highest BCUT2D eigenvalue weighted by Crippen LogP contribution is 2.11. The fraction of sp³-hybridized carbons (Fsp3) is 0.769. The number of ketones is 1. The maximum absolute atomic E-state index is 12.1. The monoisotopic (exact) mass is 269 g/mol. The molecule has 0 aromatic heterocycles. The van der Waals surface area contributed by atoms with Crippen LogP contribution in [0.15, 0.2) is 0 Å². The van der Waals surface area contributed by atoms with Crippen molar-refractivity contribution in [2.45, 2.75) is 45.2 Å². The van der Waals surface area contributed by atoms with Crippen molar-refractivity contribution in [2.75, 3.05) is 20.1 Å². The van der Waals surface area contributed by atoms with Crippen molar-refractivity contribution in [3.05, 3.63) is 0 Å². The molecule has 2 atom stereocenters. The minimum atomic E-state index is -0.444. The minimum Gasteiger partial charge on any atom is -0.352 e. The topological polar surface area (TPSA) is 78.5 Å². The van der Waals surface area contributed by atoms with Gasteiger partial charge in [0.05, 0.1) is 6.04 Å². The number of amides is 2. The van der Waals surface area contributed by atoms with Gasteiger partial charge in [-0.3, -0.25) is 14.4 Å². The smallest absolute Gasteiger partial charge is 0.291 e. The summed E-state index contributed by atoms with van der Waals surface area (Å²) in [7, 11) is 1.69. The lowest BCUT2D eigenvalue weighted by Gasteiger charge is -2.19. The second-order valence-corrected chi connectivity index (χ2v) is 4.93. The van der Waals surface area contributed by atoms with Crippen molar-refractivity contribution in [3.63, 3.8) is 0 Å². The summed E-state index contributed by atoms with van der Waals surface area (Å²) in [5, 5.41) is 5.66. The summed E-state index contributed by atoms with van der Waals surface area (Å²) in [6.07, 6.45) is 2.21. The quantitative estimate of drug-likeness (QED) is 0.648. The summed E-state index contributed by atoms with van der Waals surface area (Å²) in [6.45, 7) is 4.38. The molecule has 108 valence electrons. The zero-order chi connectivity index (χ0) is 14.4. The molecule has 0 aromatic rings. The number of likely N-dealkylation sites (tertiary alicyclic amines) is 1. The number of Topliss-reactive ketones (excluding diaryl/α,β-unsaturated/α-hetero) is 1. The molecule has 1 aliphatic rings. The van der Waals surface area contributed by atoms with Crippen LogP contribution in [-0.2, 0) is 14.4 Å². The van der Waals surface area contributed by atoms with E-state index in [1.54, 1.807) is 7.05 Å². The maximum Gasteiger partial charge on any atom is 0.291 e. The molecule has 2 unspecified atom stereocenters. The molecular formula is C13H23N3O3. The molecule has 0 saturated carbocycles. The van der Waals surface area contributed by atoms with Crippen molar-refractivity contribution in [3.8, 4) is 0 Å². The van der Waals surface area contributed by atoms with Gasteiger partial charge in [0, 0.05) is 26.1 Å². The largest absolute Gasteiger partial charge is 0.352 e. The molecule has 1 rings (SSSR count). The van der Waals surface area contributed by atoms with Crippen LogP contribution in [0.2, 0.25) is 0 Å². The van der Waals surface area contributed by atoms with E-state index < -0.39 is 11.9 Å². The van der Waals surface area contributed by atoms with E-state index in [-0.39, 0.29) is 17.7 Å². The summed E-state index contributed by atoms with van der Waals surface area (Å²) in [5.41, 5.74) is 0. The first kappa shape index (κ1) is 15.6. The number of rotatable bonds is 6. The first-order valence-corrected chi connectivity index (χ1v) is 6.77. The number of carbonyl (C=O) groups excluding carboxylic acids is 3. The highest BCUT2D eigenvalue weighted by molar-refractivity contribution is 6.38. The Hall–Kier alpha value is -1.43. The molecule has 19 heavy (non-hydrogen) atoms. The Morgan fingerprint density at radius 3 is 2.58 bits per heavy atom. The Morgan fingerprint density at radius 1 is 1.37 bits per heavy atom. The zero-order valence-electron chi connectivity index (χ0n) is 11.9. The lowest BCUT2D eigenvalue weighted by atomic mass is 10.1. The fourth-order valence-electron chi connectivity index (χ4n) is 2.35. The SMILES string of the molecule is CCCC(NC)C(=O)C(=O)N1CCC(NC(C)=O)C1. The number of carbonyl (C=O) groups is 3. The van der Waals surface area contributed by atoms with Crippen LogP contribution in [0.3, 0.4) is 0 Å². The van der Waals surface area contributed by atoms with E-state index >= 15 is 0 Å². The van der Waals surface area contributed by atoms with Crippen LogP contribution in [0, 0.1) is 0 Å².